The topological polar surface area (TPSA) is 29.1 Å². The van der Waals surface area contributed by atoms with Gasteiger partial charge in [-0.15, -0.1) is 6.58 Å². The number of hydrogen-bond acceptors (Lipinski definition) is 1. The van der Waals surface area contributed by atoms with Crippen LogP contribution in [0.4, 0.5) is 5.69 Å². The van der Waals surface area contributed by atoms with Crippen molar-refractivity contribution < 1.29 is 4.21 Å². The van der Waals surface area contributed by atoms with Crippen molar-refractivity contribution in [2.24, 2.45) is 0 Å². The van der Waals surface area contributed by atoms with Crippen molar-refractivity contribution in [2.45, 2.75) is 24.2 Å². The smallest absolute Gasteiger partial charge is 0.150 e. The van der Waals surface area contributed by atoms with Crippen LogP contribution in [0.25, 0.3) is 0 Å². The number of para-hydroxylation sites is 1. The van der Waals surface area contributed by atoms with E-state index in [1.807, 2.05) is 73.7 Å². The first-order valence-corrected chi connectivity index (χ1v) is 9.83. The molecule has 0 spiro atoms. The highest BCUT2D eigenvalue weighted by atomic mass is 32.2. The molecule has 3 rings (SSSR count). The molecule has 0 heterocycles. The van der Waals surface area contributed by atoms with Gasteiger partial charge < -0.3 is 4.72 Å². The fourth-order valence-electron chi connectivity index (χ4n) is 2.92. The van der Waals surface area contributed by atoms with E-state index in [0.717, 1.165) is 28.1 Å². The van der Waals surface area contributed by atoms with Gasteiger partial charge in [0.1, 0.15) is 11.0 Å². The van der Waals surface area contributed by atoms with Crippen LogP contribution in [0.3, 0.4) is 0 Å². The highest BCUT2D eigenvalue weighted by Crippen LogP contribution is 2.29. The van der Waals surface area contributed by atoms with E-state index in [9.17, 15) is 4.21 Å². The molecule has 1 unspecified atom stereocenters. The second-order valence-corrected chi connectivity index (χ2v) is 7.52. The first kappa shape index (κ1) is 18.2. The summed E-state index contributed by atoms with van der Waals surface area (Å²) in [5.74, 6) is 0.149. The molecule has 3 aromatic rings. The number of nitrogens with one attached hydrogen (secondary N) is 1. The van der Waals surface area contributed by atoms with Gasteiger partial charge >= 0.3 is 0 Å². The quantitative estimate of drug-likeness (QED) is 0.542. The monoisotopic (exact) mass is 361 g/mol. The molecule has 0 radical (unpaired) electrons. The minimum atomic E-state index is -1.30. The lowest BCUT2D eigenvalue weighted by atomic mass is 9.91. The van der Waals surface area contributed by atoms with E-state index in [1.54, 1.807) is 0 Å². The maximum atomic E-state index is 12.7. The third-order valence-corrected chi connectivity index (χ3v) is 5.49. The normalized spacial score (nSPS) is 13.0. The van der Waals surface area contributed by atoms with Crippen molar-refractivity contribution in [1.82, 2.24) is 0 Å². The van der Waals surface area contributed by atoms with Crippen LogP contribution in [0.15, 0.2) is 96.4 Å². The van der Waals surface area contributed by atoms with Crippen LogP contribution in [0.5, 0.6) is 0 Å². The van der Waals surface area contributed by atoms with E-state index >= 15 is 0 Å². The van der Waals surface area contributed by atoms with E-state index < -0.39 is 11.0 Å². The summed E-state index contributed by atoms with van der Waals surface area (Å²) in [4.78, 5) is 0.767. The standard InChI is InChI=1S/C23H23NOS/c1-3-20(17-19-9-5-4-6-10-19)22-11-7-8-12-23(22)24-26(25)21-15-13-18(2)14-16-21/h3-16,20,24H,1,17H2,2H3/t20-,26?/m0/s1. The summed E-state index contributed by atoms with van der Waals surface area (Å²) in [6, 6.07) is 26.1. The van der Waals surface area contributed by atoms with Gasteiger partial charge in [-0.25, -0.2) is 4.21 Å². The number of benzene rings is 3. The zero-order valence-corrected chi connectivity index (χ0v) is 15.7. The molecule has 0 saturated carbocycles. The van der Waals surface area contributed by atoms with E-state index in [1.165, 1.54) is 5.56 Å². The highest BCUT2D eigenvalue weighted by molar-refractivity contribution is 7.86. The van der Waals surface area contributed by atoms with Crippen LogP contribution in [0.2, 0.25) is 0 Å². The van der Waals surface area contributed by atoms with Gasteiger partial charge in [0, 0.05) is 5.92 Å². The molecule has 1 N–H and O–H groups in total. The van der Waals surface area contributed by atoms with Gasteiger partial charge in [0.25, 0.3) is 0 Å². The van der Waals surface area contributed by atoms with Gasteiger partial charge in [-0.1, -0.05) is 72.3 Å². The van der Waals surface area contributed by atoms with Crippen molar-refractivity contribution in [1.29, 1.82) is 0 Å². The lowest BCUT2D eigenvalue weighted by Crippen LogP contribution is -2.09. The van der Waals surface area contributed by atoms with Crippen LogP contribution >= 0.6 is 0 Å². The van der Waals surface area contributed by atoms with Gasteiger partial charge in [0.05, 0.1) is 10.6 Å². The van der Waals surface area contributed by atoms with Crippen molar-refractivity contribution in [3.8, 4) is 0 Å². The molecule has 0 aliphatic carbocycles. The Morgan fingerprint density at radius 1 is 0.962 bits per heavy atom. The summed E-state index contributed by atoms with van der Waals surface area (Å²) < 4.78 is 15.9. The summed E-state index contributed by atoms with van der Waals surface area (Å²) in [5, 5.41) is 0. The lowest BCUT2D eigenvalue weighted by Gasteiger charge is -2.18. The Kier molecular flexibility index (Phi) is 6.03. The molecule has 0 aliphatic rings. The summed E-state index contributed by atoms with van der Waals surface area (Å²) in [7, 11) is -1.30. The molecule has 0 bridgehead atoms. The molecule has 3 heteroatoms. The molecular weight excluding hydrogens is 338 g/mol. The summed E-state index contributed by atoms with van der Waals surface area (Å²) >= 11 is 0. The third-order valence-electron chi connectivity index (χ3n) is 4.38. The van der Waals surface area contributed by atoms with Gasteiger partial charge in [0.15, 0.2) is 0 Å². The first-order chi connectivity index (χ1) is 12.7. The Morgan fingerprint density at radius 2 is 1.62 bits per heavy atom. The Labute approximate surface area is 158 Å². The zero-order valence-electron chi connectivity index (χ0n) is 14.9. The third kappa shape index (κ3) is 4.50. The number of aryl methyl sites for hydroxylation is 1. The molecule has 3 aromatic carbocycles. The van der Waals surface area contributed by atoms with Crippen molar-refractivity contribution in [3.63, 3.8) is 0 Å². The second-order valence-electron chi connectivity index (χ2n) is 6.30. The number of rotatable bonds is 7. The average Bonchev–Trinajstić information content (AvgIpc) is 2.68. The minimum Gasteiger partial charge on any atom is -0.301 e. The number of hydrogen-bond donors (Lipinski definition) is 1. The Hall–Kier alpha value is -2.65. The Bertz CT molecular complexity index is 888. The molecule has 132 valence electrons. The SMILES string of the molecule is C=C[C@@H](Cc1ccccc1)c1ccccc1NS(=O)c1ccc(C)cc1. The van der Waals surface area contributed by atoms with E-state index in [4.69, 9.17) is 0 Å². The van der Waals surface area contributed by atoms with Crippen LogP contribution in [-0.2, 0) is 17.4 Å². The van der Waals surface area contributed by atoms with Crippen molar-refractivity contribution >= 4 is 16.7 Å². The van der Waals surface area contributed by atoms with E-state index in [-0.39, 0.29) is 5.92 Å². The predicted octanol–water partition coefficient (Wildman–Crippen LogP) is 5.64. The fourth-order valence-corrected chi connectivity index (χ4v) is 3.81. The maximum Gasteiger partial charge on any atom is 0.150 e. The molecule has 0 aliphatic heterocycles. The maximum absolute atomic E-state index is 12.7. The van der Waals surface area contributed by atoms with Gasteiger partial charge in [-0.2, -0.15) is 0 Å². The molecule has 0 amide bonds. The largest absolute Gasteiger partial charge is 0.301 e. The summed E-state index contributed by atoms with van der Waals surface area (Å²) in [6.45, 7) is 6.04. The van der Waals surface area contributed by atoms with Gasteiger partial charge in [0.2, 0.25) is 0 Å². The molecule has 0 fully saturated rings. The highest BCUT2D eigenvalue weighted by Gasteiger charge is 2.14. The Balaban J connectivity index is 1.83. The summed E-state index contributed by atoms with van der Waals surface area (Å²) in [5.41, 5.74) is 4.40. The molecule has 0 aromatic heterocycles. The predicted molar refractivity (Wildman–Crippen MR) is 111 cm³/mol. The van der Waals surface area contributed by atoms with Gasteiger partial charge in [-0.3, -0.25) is 0 Å². The molecular formula is C23H23NOS. The fraction of sp³-hybridized carbons (Fsp3) is 0.130. The van der Waals surface area contributed by atoms with Crippen LogP contribution in [0.1, 0.15) is 22.6 Å². The summed E-state index contributed by atoms with van der Waals surface area (Å²) in [6.07, 6.45) is 2.82. The number of anilines is 1. The van der Waals surface area contributed by atoms with E-state index in [2.05, 4.69) is 29.5 Å². The van der Waals surface area contributed by atoms with Crippen LogP contribution < -0.4 is 4.72 Å². The molecule has 0 saturated heterocycles. The van der Waals surface area contributed by atoms with Crippen LogP contribution in [-0.4, -0.2) is 4.21 Å². The molecule has 2 nitrogen and oxygen atoms in total. The van der Waals surface area contributed by atoms with Crippen molar-refractivity contribution in [3.05, 3.63) is 108 Å². The Morgan fingerprint density at radius 3 is 2.31 bits per heavy atom. The van der Waals surface area contributed by atoms with Crippen molar-refractivity contribution in [2.75, 3.05) is 4.72 Å². The van der Waals surface area contributed by atoms with Crippen LogP contribution in [0, 0.1) is 6.92 Å². The molecule has 26 heavy (non-hydrogen) atoms. The zero-order chi connectivity index (χ0) is 18.4. The second kappa shape index (κ2) is 8.63. The minimum absolute atomic E-state index is 0.149. The number of allylic oxidation sites excluding steroid dienone is 1. The molecule has 2 atom stereocenters. The van der Waals surface area contributed by atoms with Gasteiger partial charge in [-0.05, 0) is 42.7 Å². The van der Waals surface area contributed by atoms with E-state index in [0.29, 0.717) is 0 Å². The lowest BCUT2D eigenvalue weighted by molar-refractivity contribution is 0.686. The first-order valence-electron chi connectivity index (χ1n) is 8.68. The average molecular weight is 362 g/mol.